The number of aromatic nitrogens is 4. The Bertz CT molecular complexity index is 910. The molecule has 0 N–H and O–H groups in total. The van der Waals surface area contributed by atoms with Gasteiger partial charge in [-0.25, -0.2) is 4.98 Å². The van der Waals surface area contributed by atoms with Crippen LogP contribution in [0.5, 0.6) is 0 Å². The van der Waals surface area contributed by atoms with Gasteiger partial charge in [0.05, 0.1) is 11.1 Å². The summed E-state index contributed by atoms with van der Waals surface area (Å²) in [6, 6.07) is 0. The third-order valence-corrected chi connectivity index (χ3v) is 5.79. The summed E-state index contributed by atoms with van der Waals surface area (Å²) < 4.78 is 6.83. The van der Waals surface area contributed by atoms with E-state index < -0.39 is 0 Å². The molecule has 6 nitrogen and oxygen atoms in total. The van der Waals surface area contributed by atoms with Crippen LogP contribution in [-0.4, -0.2) is 19.7 Å². The Morgan fingerprint density at radius 3 is 2.70 bits per heavy atom. The van der Waals surface area contributed by atoms with Crippen LogP contribution in [0.3, 0.4) is 0 Å². The van der Waals surface area contributed by atoms with E-state index in [-0.39, 0.29) is 5.56 Å². The second-order valence-corrected chi connectivity index (χ2v) is 7.30. The largest absolute Gasteiger partial charge is 0.339 e. The summed E-state index contributed by atoms with van der Waals surface area (Å²) in [5.74, 6) is 1.79. The molecule has 0 amide bonds. The zero-order valence-electron chi connectivity index (χ0n) is 13.5. The van der Waals surface area contributed by atoms with E-state index in [9.17, 15) is 4.79 Å². The second-order valence-electron chi connectivity index (χ2n) is 5.15. The summed E-state index contributed by atoms with van der Waals surface area (Å²) in [6.07, 6.45) is 0.718. The van der Waals surface area contributed by atoms with Gasteiger partial charge in [0, 0.05) is 17.8 Å². The number of hydrogen-bond acceptors (Lipinski definition) is 7. The first-order valence-electron chi connectivity index (χ1n) is 7.49. The van der Waals surface area contributed by atoms with Crippen LogP contribution in [-0.2, 0) is 18.7 Å². The van der Waals surface area contributed by atoms with Gasteiger partial charge >= 0.3 is 0 Å². The molecule has 3 heterocycles. The molecule has 3 aromatic rings. The summed E-state index contributed by atoms with van der Waals surface area (Å²) in [4.78, 5) is 23.7. The molecule has 0 saturated heterocycles. The Hall–Kier alpha value is -1.67. The number of thioether (sulfide) groups is 1. The molecule has 0 aliphatic heterocycles. The Morgan fingerprint density at radius 2 is 2.04 bits per heavy atom. The minimum atomic E-state index is 0.0317. The first-order chi connectivity index (χ1) is 11.0. The van der Waals surface area contributed by atoms with Crippen LogP contribution in [0.25, 0.3) is 10.2 Å². The number of nitrogens with zero attached hydrogens (tertiary/aromatic N) is 4. The molecule has 0 aliphatic rings. The lowest BCUT2D eigenvalue weighted by Gasteiger charge is -2.08. The molecular weight excluding hydrogens is 332 g/mol. The van der Waals surface area contributed by atoms with Crippen LogP contribution < -0.4 is 5.56 Å². The maximum atomic E-state index is 12.7. The SMILES string of the molecule is CCc1nc(CSc2nc3sc(C)c(C)c3c(=O)n2CC)no1. The fraction of sp³-hybridized carbons (Fsp3) is 0.467. The molecule has 0 aromatic carbocycles. The molecule has 3 aromatic heterocycles. The van der Waals surface area contributed by atoms with Crippen LogP contribution in [0.1, 0.15) is 36.0 Å². The number of aryl methyl sites for hydroxylation is 3. The van der Waals surface area contributed by atoms with Gasteiger partial charge in [-0.3, -0.25) is 9.36 Å². The molecule has 0 saturated carbocycles. The van der Waals surface area contributed by atoms with Crippen molar-refractivity contribution in [1.29, 1.82) is 0 Å². The summed E-state index contributed by atoms with van der Waals surface area (Å²) in [5.41, 5.74) is 1.07. The van der Waals surface area contributed by atoms with E-state index in [1.807, 2.05) is 27.7 Å². The monoisotopic (exact) mass is 350 g/mol. The van der Waals surface area contributed by atoms with Crippen molar-refractivity contribution in [3.8, 4) is 0 Å². The van der Waals surface area contributed by atoms with Crippen LogP contribution >= 0.6 is 23.1 Å². The minimum absolute atomic E-state index is 0.0317. The number of thiophene rings is 1. The van der Waals surface area contributed by atoms with Gasteiger partial charge in [0.15, 0.2) is 11.0 Å². The maximum absolute atomic E-state index is 12.7. The lowest BCUT2D eigenvalue weighted by Crippen LogP contribution is -2.22. The molecule has 0 atom stereocenters. The van der Waals surface area contributed by atoms with E-state index in [0.717, 1.165) is 27.1 Å². The normalized spacial score (nSPS) is 11.5. The number of fused-ring (bicyclic) bond motifs is 1. The quantitative estimate of drug-likeness (QED) is 0.519. The van der Waals surface area contributed by atoms with Gasteiger partial charge in [-0.2, -0.15) is 4.98 Å². The van der Waals surface area contributed by atoms with Gasteiger partial charge < -0.3 is 4.52 Å². The fourth-order valence-electron chi connectivity index (χ4n) is 2.32. The molecule has 0 bridgehead atoms. The highest BCUT2D eigenvalue weighted by Crippen LogP contribution is 2.29. The van der Waals surface area contributed by atoms with Crippen molar-refractivity contribution in [2.24, 2.45) is 0 Å². The predicted octanol–water partition coefficient (Wildman–Crippen LogP) is 3.33. The van der Waals surface area contributed by atoms with Crippen molar-refractivity contribution in [3.63, 3.8) is 0 Å². The molecule has 8 heteroatoms. The molecule has 0 fully saturated rings. The second kappa shape index (κ2) is 6.45. The van der Waals surface area contributed by atoms with Gasteiger partial charge in [-0.15, -0.1) is 11.3 Å². The smallest absolute Gasteiger partial charge is 0.263 e. The first kappa shape index (κ1) is 16.2. The highest BCUT2D eigenvalue weighted by molar-refractivity contribution is 7.98. The van der Waals surface area contributed by atoms with Crippen molar-refractivity contribution in [2.75, 3.05) is 0 Å². The van der Waals surface area contributed by atoms with Crippen LogP contribution in [0.15, 0.2) is 14.5 Å². The lowest BCUT2D eigenvalue weighted by molar-refractivity contribution is 0.378. The molecule has 0 aliphatic carbocycles. The maximum Gasteiger partial charge on any atom is 0.263 e. The molecule has 3 rings (SSSR count). The summed E-state index contributed by atoms with van der Waals surface area (Å²) >= 11 is 3.03. The van der Waals surface area contributed by atoms with Crippen LogP contribution in [0, 0.1) is 13.8 Å². The zero-order chi connectivity index (χ0) is 16.6. The topological polar surface area (TPSA) is 73.8 Å². The molecule has 0 unspecified atom stereocenters. The van der Waals surface area contributed by atoms with Crippen molar-refractivity contribution in [3.05, 3.63) is 32.5 Å². The summed E-state index contributed by atoms with van der Waals surface area (Å²) in [6.45, 7) is 8.52. The number of rotatable bonds is 5. The van der Waals surface area contributed by atoms with Gasteiger partial charge in [-0.1, -0.05) is 23.8 Å². The molecular formula is C15H18N4O2S2. The molecule has 23 heavy (non-hydrogen) atoms. The average Bonchev–Trinajstić information content (AvgIpc) is 3.10. The minimum Gasteiger partial charge on any atom is -0.339 e. The van der Waals surface area contributed by atoms with E-state index in [1.54, 1.807) is 15.9 Å². The number of hydrogen-bond donors (Lipinski definition) is 0. The summed E-state index contributed by atoms with van der Waals surface area (Å²) in [5, 5.41) is 5.39. The van der Waals surface area contributed by atoms with E-state index in [0.29, 0.717) is 29.2 Å². The van der Waals surface area contributed by atoms with E-state index in [1.165, 1.54) is 11.8 Å². The standard InChI is InChI=1S/C15H18N4O2S2/c1-5-11-16-10(18-21-11)7-22-15-17-13-12(8(3)9(4)23-13)14(20)19(15)6-2/h5-7H2,1-4H3. The fourth-order valence-corrected chi connectivity index (χ4v) is 4.30. The predicted molar refractivity (Wildman–Crippen MR) is 92.3 cm³/mol. The zero-order valence-corrected chi connectivity index (χ0v) is 15.2. The van der Waals surface area contributed by atoms with Gasteiger partial charge in [0.2, 0.25) is 5.89 Å². The highest BCUT2D eigenvalue weighted by atomic mass is 32.2. The van der Waals surface area contributed by atoms with Crippen molar-refractivity contribution < 1.29 is 4.52 Å². The van der Waals surface area contributed by atoms with Gasteiger partial charge in [0.1, 0.15) is 4.83 Å². The molecule has 0 spiro atoms. The van der Waals surface area contributed by atoms with Gasteiger partial charge in [-0.05, 0) is 26.3 Å². The highest BCUT2D eigenvalue weighted by Gasteiger charge is 2.16. The Kier molecular flexibility index (Phi) is 4.54. The average molecular weight is 350 g/mol. The molecule has 122 valence electrons. The lowest BCUT2D eigenvalue weighted by atomic mass is 10.2. The Balaban J connectivity index is 1.98. The third kappa shape index (κ3) is 2.92. The first-order valence-corrected chi connectivity index (χ1v) is 9.30. The van der Waals surface area contributed by atoms with Crippen molar-refractivity contribution in [1.82, 2.24) is 19.7 Å². The van der Waals surface area contributed by atoms with E-state index in [4.69, 9.17) is 4.52 Å². The van der Waals surface area contributed by atoms with Gasteiger partial charge in [0.25, 0.3) is 5.56 Å². The Morgan fingerprint density at radius 1 is 1.26 bits per heavy atom. The van der Waals surface area contributed by atoms with Crippen molar-refractivity contribution in [2.45, 2.75) is 51.6 Å². The molecule has 0 radical (unpaired) electrons. The van der Waals surface area contributed by atoms with Crippen LogP contribution in [0.2, 0.25) is 0 Å². The van der Waals surface area contributed by atoms with Crippen molar-refractivity contribution >= 4 is 33.3 Å². The van der Waals surface area contributed by atoms with E-state index in [2.05, 4.69) is 15.1 Å². The summed E-state index contributed by atoms with van der Waals surface area (Å²) in [7, 11) is 0. The third-order valence-electron chi connectivity index (χ3n) is 3.71. The van der Waals surface area contributed by atoms with Crippen LogP contribution in [0.4, 0.5) is 0 Å². The Labute approximate surface area is 141 Å². The van der Waals surface area contributed by atoms with E-state index >= 15 is 0 Å².